The molecule has 0 radical (unpaired) electrons. The standard InChI is InChI=1S/C22H23N3O/c1-15-7-9-16(10-8-15)21-13-19(18-5-3-4-6-20(18)24-21)22(26)25(2)17-11-12-23-14-17/h3-10,13,17,23H,11-12,14H2,1-2H3. The van der Waals surface area contributed by atoms with Crippen LogP contribution in [0.4, 0.5) is 0 Å². The normalized spacial score (nSPS) is 16.8. The first-order valence-electron chi connectivity index (χ1n) is 9.08. The molecular formula is C22H23N3O. The smallest absolute Gasteiger partial charge is 0.254 e. The summed E-state index contributed by atoms with van der Waals surface area (Å²) in [4.78, 5) is 19.9. The average molecular weight is 345 g/mol. The molecule has 1 aliphatic heterocycles. The van der Waals surface area contributed by atoms with E-state index < -0.39 is 0 Å². The van der Waals surface area contributed by atoms with Crippen LogP contribution in [-0.4, -0.2) is 42.0 Å². The summed E-state index contributed by atoms with van der Waals surface area (Å²) >= 11 is 0. The number of hydrogen-bond acceptors (Lipinski definition) is 3. The van der Waals surface area contributed by atoms with Gasteiger partial charge in [0.15, 0.2) is 0 Å². The van der Waals surface area contributed by atoms with Crippen molar-refractivity contribution in [2.75, 3.05) is 20.1 Å². The Morgan fingerprint density at radius 3 is 2.65 bits per heavy atom. The van der Waals surface area contributed by atoms with Crippen molar-refractivity contribution >= 4 is 16.8 Å². The number of pyridine rings is 1. The van der Waals surface area contributed by atoms with Gasteiger partial charge in [0.2, 0.25) is 0 Å². The lowest BCUT2D eigenvalue weighted by atomic mass is 10.0. The van der Waals surface area contributed by atoms with Gasteiger partial charge in [-0.05, 0) is 32.0 Å². The third-order valence-corrected chi connectivity index (χ3v) is 5.20. The molecule has 2 heterocycles. The van der Waals surface area contributed by atoms with Crippen LogP contribution >= 0.6 is 0 Å². The van der Waals surface area contributed by atoms with Crippen molar-refractivity contribution in [3.05, 3.63) is 65.7 Å². The zero-order valence-electron chi connectivity index (χ0n) is 15.2. The van der Waals surface area contributed by atoms with Crippen molar-refractivity contribution in [3.8, 4) is 11.3 Å². The van der Waals surface area contributed by atoms with Crippen LogP contribution in [0.5, 0.6) is 0 Å². The van der Waals surface area contributed by atoms with Gasteiger partial charge < -0.3 is 10.2 Å². The fraction of sp³-hybridized carbons (Fsp3) is 0.273. The Kier molecular flexibility index (Phi) is 4.43. The van der Waals surface area contributed by atoms with E-state index in [1.165, 1.54) is 5.56 Å². The van der Waals surface area contributed by atoms with E-state index in [-0.39, 0.29) is 11.9 Å². The van der Waals surface area contributed by atoms with Crippen LogP contribution in [-0.2, 0) is 0 Å². The zero-order valence-corrected chi connectivity index (χ0v) is 15.2. The summed E-state index contributed by atoms with van der Waals surface area (Å²) < 4.78 is 0. The van der Waals surface area contributed by atoms with E-state index in [4.69, 9.17) is 4.98 Å². The number of carbonyl (C=O) groups is 1. The third-order valence-electron chi connectivity index (χ3n) is 5.20. The van der Waals surface area contributed by atoms with Crippen LogP contribution in [0.25, 0.3) is 22.2 Å². The van der Waals surface area contributed by atoms with Gasteiger partial charge in [-0.25, -0.2) is 4.98 Å². The number of para-hydroxylation sites is 1. The zero-order chi connectivity index (χ0) is 18.1. The van der Waals surface area contributed by atoms with E-state index in [1.54, 1.807) is 0 Å². The number of aryl methyl sites for hydroxylation is 1. The van der Waals surface area contributed by atoms with Crippen LogP contribution in [0, 0.1) is 6.92 Å². The van der Waals surface area contributed by atoms with Gasteiger partial charge in [-0.3, -0.25) is 4.79 Å². The minimum atomic E-state index is 0.0608. The first-order chi connectivity index (χ1) is 12.6. The minimum absolute atomic E-state index is 0.0608. The Labute approximate surface area is 153 Å². The quantitative estimate of drug-likeness (QED) is 0.788. The maximum absolute atomic E-state index is 13.3. The van der Waals surface area contributed by atoms with Crippen molar-refractivity contribution < 1.29 is 4.79 Å². The number of fused-ring (bicyclic) bond motifs is 1. The van der Waals surface area contributed by atoms with Crippen LogP contribution in [0.1, 0.15) is 22.3 Å². The number of aromatic nitrogens is 1. The van der Waals surface area contributed by atoms with Gasteiger partial charge in [0.05, 0.1) is 16.8 Å². The summed E-state index contributed by atoms with van der Waals surface area (Å²) in [6.45, 7) is 3.89. The summed E-state index contributed by atoms with van der Waals surface area (Å²) in [6, 6.07) is 18.3. The molecule has 26 heavy (non-hydrogen) atoms. The number of carbonyl (C=O) groups excluding carboxylic acids is 1. The largest absolute Gasteiger partial charge is 0.337 e. The van der Waals surface area contributed by atoms with Crippen molar-refractivity contribution in [1.82, 2.24) is 15.2 Å². The molecule has 4 heteroatoms. The van der Waals surface area contributed by atoms with E-state index in [9.17, 15) is 4.79 Å². The number of nitrogens with one attached hydrogen (secondary N) is 1. The van der Waals surface area contributed by atoms with Crippen molar-refractivity contribution in [2.24, 2.45) is 0 Å². The highest BCUT2D eigenvalue weighted by Gasteiger charge is 2.25. The van der Waals surface area contributed by atoms with E-state index in [1.807, 2.05) is 42.3 Å². The average Bonchev–Trinajstić information content (AvgIpc) is 3.21. The van der Waals surface area contributed by atoms with Gasteiger partial charge in [0.1, 0.15) is 0 Å². The van der Waals surface area contributed by atoms with Gasteiger partial charge in [-0.15, -0.1) is 0 Å². The molecule has 0 saturated carbocycles. The van der Waals surface area contributed by atoms with Crippen molar-refractivity contribution in [2.45, 2.75) is 19.4 Å². The van der Waals surface area contributed by atoms with Crippen LogP contribution in [0.15, 0.2) is 54.6 Å². The second-order valence-electron chi connectivity index (χ2n) is 7.00. The summed E-state index contributed by atoms with van der Waals surface area (Å²) in [7, 11) is 1.90. The number of rotatable bonds is 3. The Bertz CT molecular complexity index is 943. The predicted octanol–water partition coefficient (Wildman–Crippen LogP) is 3.64. The minimum Gasteiger partial charge on any atom is -0.337 e. The lowest BCUT2D eigenvalue weighted by Gasteiger charge is -2.24. The molecular weight excluding hydrogens is 322 g/mol. The van der Waals surface area contributed by atoms with Gasteiger partial charge in [-0.2, -0.15) is 0 Å². The molecule has 4 nitrogen and oxygen atoms in total. The number of hydrogen-bond donors (Lipinski definition) is 1. The molecule has 0 aliphatic carbocycles. The molecule has 1 fully saturated rings. The Morgan fingerprint density at radius 2 is 1.92 bits per heavy atom. The summed E-state index contributed by atoms with van der Waals surface area (Å²) in [6.07, 6.45) is 0.996. The van der Waals surface area contributed by atoms with Crippen LogP contribution in [0.2, 0.25) is 0 Å². The molecule has 1 N–H and O–H groups in total. The second-order valence-corrected chi connectivity index (χ2v) is 7.00. The van der Waals surface area contributed by atoms with E-state index >= 15 is 0 Å². The Balaban J connectivity index is 1.81. The molecule has 132 valence electrons. The first kappa shape index (κ1) is 16.7. The molecule has 1 unspecified atom stereocenters. The molecule has 1 aliphatic rings. The summed E-state index contributed by atoms with van der Waals surface area (Å²) in [5.74, 6) is 0.0608. The number of benzene rings is 2. The molecule has 2 aromatic carbocycles. The lowest BCUT2D eigenvalue weighted by molar-refractivity contribution is 0.0746. The summed E-state index contributed by atoms with van der Waals surface area (Å²) in [5, 5.41) is 4.24. The fourth-order valence-electron chi connectivity index (χ4n) is 3.55. The fourth-order valence-corrected chi connectivity index (χ4v) is 3.55. The summed E-state index contributed by atoms with van der Waals surface area (Å²) in [5.41, 5.74) is 4.65. The van der Waals surface area contributed by atoms with Gasteiger partial charge in [0.25, 0.3) is 5.91 Å². The monoisotopic (exact) mass is 345 g/mol. The van der Waals surface area contributed by atoms with Crippen LogP contribution < -0.4 is 5.32 Å². The molecule has 4 rings (SSSR count). The highest BCUT2D eigenvalue weighted by atomic mass is 16.2. The molecule has 0 spiro atoms. The van der Waals surface area contributed by atoms with Gasteiger partial charge in [-0.1, -0.05) is 48.0 Å². The SMILES string of the molecule is Cc1ccc(-c2cc(C(=O)N(C)C3CCNC3)c3ccccc3n2)cc1. The number of amides is 1. The van der Waals surface area contributed by atoms with Crippen molar-refractivity contribution in [1.29, 1.82) is 0 Å². The highest BCUT2D eigenvalue weighted by Crippen LogP contribution is 2.26. The molecule has 0 bridgehead atoms. The Hall–Kier alpha value is -2.72. The molecule has 1 atom stereocenters. The van der Waals surface area contributed by atoms with Crippen LogP contribution in [0.3, 0.4) is 0 Å². The molecule has 1 amide bonds. The topological polar surface area (TPSA) is 45.2 Å². The van der Waals surface area contributed by atoms with E-state index in [0.29, 0.717) is 0 Å². The molecule has 3 aromatic rings. The maximum atomic E-state index is 13.3. The first-order valence-corrected chi connectivity index (χ1v) is 9.08. The molecule has 1 saturated heterocycles. The lowest BCUT2D eigenvalue weighted by Crippen LogP contribution is -2.38. The predicted molar refractivity (Wildman–Crippen MR) is 105 cm³/mol. The Morgan fingerprint density at radius 1 is 1.15 bits per heavy atom. The van der Waals surface area contributed by atoms with E-state index in [0.717, 1.165) is 47.2 Å². The number of nitrogens with zero attached hydrogens (tertiary/aromatic N) is 2. The maximum Gasteiger partial charge on any atom is 0.254 e. The van der Waals surface area contributed by atoms with Crippen molar-refractivity contribution in [3.63, 3.8) is 0 Å². The third kappa shape index (κ3) is 3.08. The van der Waals surface area contributed by atoms with Gasteiger partial charge in [0, 0.05) is 30.6 Å². The number of likely N-dealkylation sites (N-methyl/N-ethyl adjacent to an activating group) is 1. The second kappa shape index (κ2) is 6.89. The van der Waals surface area contributed by atoms with Gasteiger partial charge >= 0.3 is 0 Å². The van der Waals surface area contributed by atoms with E-state index in [2.05, 4.69) is 36.5 Å². The highest BCUT2D eigenvalue weighted by molar-refractivity contribution is 6.07. The molecule has 1 aromatic heterocycles.